The normalized spacial score (nSPS) is 10.7. The summed E-state index contributed by atoms with van der Waals surface area (Å²) in [6.07, 6.45) is 3.72. The van der Waals surface area contributed by atoms with Gasteiger partial charge in [-0.15, -0.1) is 10.2 Å². The Morgan fingerprint density at radius 2 is 2.22 bits per heavy atom. The zero-order valence-electron chi connectivity index (χ0n) is 12.8. The van der Waals surface area contributed by atoms with Crippen LogP contribution >= 0.6 is 23.1 Å². The van der Waals surface area contributed by atoms with Crippen LogP contribution in [0.15, 0.2) is 41.8 Å². The highest BCUT2D eigenvalue weighted by Crippen LogP contribution is 2.28. The molecule has 120 valence electrons. The van der Waals surface area contributed by atoms with E-state index in [9.17, 15) is 0 Å². The molecule has 0 N–H and O–H groups in total. The number of nitrogens with zero attached hydrogens (tertiary/aromatic N) is 4. The fraction of sp³-hybridized carbons (Fsp3) is 0.267. The van der Waals surface area contributed by atoms with Crippen LogP contribution in [0.5, 0.6) is 10.9 Å². The van der Waals surface area contributed by atoms with E-state index >= 15 is 0 Å². The fourth-order valence-corrected chi connectivity index (χ4v) is 3.66. The highest BCUT2D eigenvalue weighted by atomic mass is 32.2. The number of aromatic nitrogens is 4. The predicted molar refractivity (Wildman–Crippen MR) is 90.8 cm³/mol. The number of hydrogen-bond acceptors (Lipinski definition) is 7. The number of benzene rings is 1. The van der Waals surface area contributed by atoms with Gasteiger partial charge in [0, 0.05) is 18.5 Å². The number of hydrogen-bond donors (Lipinski definition) is 0. The van der Waals surface area contributed by atoms with Crippen molar-refractivity contribution in [2.24, 2.45) is 0 Å². The molecule has 23 heavy (non-hydrogen) atoms. The third-order valence-electron chi connectivity index (χ3n) is 2.98. The summed E-state index contributed by atoms with van der Waals surface area (Å²) in [7, 11) is 1.66. The molecule has 0 unspecified atom stereocenters. The van der Waals surface area contributed by atoms with Crippen molar-refractivity contribution in [2.75, 3.05) is 13.7 Å². The Morgan fingerprint density at radius 1 is 1.30 bits per heavy atom. The first kappa shape index (κ1) is 15.8. The molecule has 0 saturated carbocycles. The lowest BCUT2D eigenvalue weighted by atomic mass is 10.3. The van der Waals surface area contributed by atoms with Crippen molar-refractivity contribution in [3.63, 3.8) is 0 Å². The van der Waals surface area contributed by atoms with Gasteiger partial charge < -0.3 is 9.47 Å². The van der Waals surface area contributed by atoms with Gasteiger partial charge in [-0.2, -0.15) is 0 Å². The molecule has 3 rings (SSSR count). The van der Waals surface area contributed by atoms with E-state index in [-0.39, 0.29) is 0 Å². The lowest BCUT2D eigenvalue weighted by Gasteiger charge is -2.08. The topological polar surface area (TPSA) is 62.1 Å². The molecule has 2 aromatic heterocycles. The van der Waals surface area contributed by atoms with Gasteiger partial charge in [-0.1, -0.05) is 29.2 Å². The van der Waals surface area contributed by atoms with Crippen molar-refractivity contribution >= 4 is 23.1 Å². The van der Waals surface area contributed by atoms with Crippen molar-refractivity contribution in [3.05, 3.63) is 41.7 Å². The van der Waals surface area contributed by atoms with E-state index < -0.39 is 0 Å². The largest absolute Gasteiger partial charge is 0.497 e. The van der Waals surface area contributed by atoms with E-state index in [4.69, 9.17) is 9.47 Å². The van der Waals surface area contributed by atoms with Crippen molar-refractivity contribution in [1.29, 1.82) is 0 Å². The summed E-state index contributed by atoms with van der Waals surface area (Å²) in [5.41, 5.74) is 1.01. The van der Waals surface area contributed by atoms with E-state index in [1.807, 2.05) is 42.0 Å². The molecule has 0 amide bonds. The third-order valence-corrected chi connectivity index (χ3v) is 4.98. The van der Waals surface area contributed by atoms with Gasteiger partial charge >= 0.3 is 0 Å². The first-order valence-electron chi connectivity index (χ1n) is 7.06. The van der Waals surface area contributed by atoms with Crippen LogP contribution in [0.25, 0.3) is 5.69 Å². The van der Waals surface area contributed by atoms with Gasteiger partial charge in [0.25, 0.3) is 5.19 Å². The number of rotatable bonds is 7. The van der Waals surface area contributed by atoms with E-state index in [1.165, 1.54) is 11.3 Å². The van der Waals surface area contributed by atoms with Crippen LogP contribution in [0.3, 0.4) is 0 Å². The number of methoxy groups -OCH3 is 1. The Hall–Kier alpha value is -2.06. The molecule has 1 aromatic carbocycles. The minimum atomic E-state index is 0.599. The Bertz CT molecular complexity index is 772. The van der Waals surface area contributed by atoms with Crippen LogP contribution in [0.1, 0.15) is 11.9 Å². The summed E-state index contributed by atoms with van der Waals surface area (Å²) in [5.74, 6) is 1.52. The molecule has 8 heteroatoms. The molecule has 0 spiro atoms. The second kappa shape index (κ2) is 7.47. The summed E-state index contributed by atoms with van der Waals surface area (Å²) >= 11 is 3.07. The molecule has 0 atom stereocenters. The van der Waals surface area contributed by atoms with Gasteiger partial charge in [0.1, 0.15) is 10.8 Å². The highest BCUT2D eigenvalue weighted by molar-refractivity contribution is 7.98. The van der Waals surface area contributed by atoms with Crippen LogP contribution in [0.4, 0.5) is 0 Å². The van der Waals surface area contributed by atoms with E-state index in [0.717, 1.165) is 21.6 Å². The molecular weight excluding hydrogens is 332 g/mol. The summed E-state index contributed by atoms with van der Waals surface area (Å²) < 4.78 is 12.6. The van der Waals surface area contributed by atoms with Crippen molar-refractivity contribution in [1.82, 2.24) is 19.7 Å². The van der Waals surface area contributed by atoms with Gasteiger partial charge in [0.2, 0.25) is 0 Å². The summed E-state index contributed by atoms with van der Waals surface area (Å²) in [5, 5.41) is 10.5. The van der Waals surface area contributed by atoms with Crippen molar-refractivity contribution in [3.8, 4) is 16.6 Å². The average molecular weight is 348 g/mol. The predicted octanol–water partition coefficient (Wildman–Crippen LogP) is 3.42. The minimum absolute atomic E-state index is 0.599. The lowest BCUT2D eigenvalue weighted by Crippen LogP contribution is -1.96. The van der Waals surface area contributed by atoms with Crippen molar-refractivity contribution in [2.45, 2.75) is 17.8 Å². The first-order valence-corrected chi connectivity index (χ1v) is 8.86. The van der Waals surface area contributed by atoms with Gasteiger partial charge in [-0.3, -0.25) is 4.57 Å². The molecule has 0 bridgehead atoms. The smallest absolute Gasteiger partial charge is 0.294 e. The minimum Gasteiger partial charge on any atom is -0.497 e. The van der Waals surface area contributed by atoms with Gasteiger partial charge in [-0.25, -0.2) is 4.98 Å². The van der Waals surface area contributed by atoms with Crippen LogP contribution in [-0.2, 0) is 5.75 Å². The summed E-state index contributed by atoms with van der Waals surface area (Å²) in [6.45, 7) is 2.53. The number of imidazole rings is 1. The molecule has 0 aliphatic carbocycles. The Balaban J connectivity index is 1.72. The Labute approximate surface area is 142 Å². The average Bonchev–Trinajstić information content (AvgIpc) is 3.22. The zero-order chi connectivity index (χ0) is 16.1. The molecule has 0 fully saturated rings. The van der Waals surface area contributed by atoms with E-state index in [2.05, 4.69) is 15.2 Å². The first-order chi connectivity index (χ1) is 11.3. The molecule has 0 aliphatic heterocycles. The van der Waals surface area contributed by atoms with Crippen LogP contribution in [0.2, 0.25) is 0 Å². The van der Waals surface area contributed by atoms with Gasteiger partial charge in [-0.05, 0) is 19.1 Å². The van der Waals surface area contributed by atoms with Crippen LogP contribution in [-0.4, -0.2) is 33.5 Å². The van der Waals surface area contributed by atoms with Gasteiger partial charge in [0.05, 0.1) is 25.2 Å². The zero-order valence-corrected chi connectivity index (χ0v) is 14.4. The van der Waals surface area contributed by atoms with E-state index in [1.54, 1.807) is 25.1 Å². The molecule has 0 radical (unpaired) electrons. The fourth-order valence-electron chi connectivity index (χ4n) is 1.96. The standard InChI is InChI=1S/C15H16N4O2S2/c1-3-21-15-18-17-13(23-15)10-22-14-16-7-8-19(14)11-5-4-6-12(9-11)20-2/h4-9H,3,10H2,1-2H3. The number of thioether (sulfide) groups is 1. The van der Waals surface area contributed by atoms with Crippen LogP contribution in [0, 0.1) is 0 Å². The van der Waals surface area contributed by atoms with Crippen molar-refractivity contribution < 1.29 is 9.47 Å². The Kier molecular flexibility index (Phi) is 5.14. The van der Waals surface area contributed by atoms with Gasteiger partial charge in [0.15, 0.2) is 5.16 Å². The molecule has 2 heterocycles. The molecule has 0 saturated heterocycles. The molecule has 6 nitrogen and oxygen atoms in total. The maximum atomic E-state index is 5.34. The quantitative estimate of drug-likeness (QED) is 0.610. The Morgan fingerprint density at radius 3 is 3.04 bits per heavy atom. The lowest BCUT2D eigenvalue weighted by molar-refractivity contribution is 0.335. The maximum absolute atomic E-state index is 5.34. The number of ether oxygens (including phenoxy) is 2. The summed E-state index contributed by atoms with van der Waals surface area (Å²) in [4.78, 5) is 4.42. The maximum Gasteiger partial charge on any atom is 0.294 e. The second-order valence-corrected chi connectivity index (χ2v) is 6.43. The SMILES string of the molecule is CCOc1nnc(CSc2nccn2-c2cccc(OC)c2)s1. The molecular formula is C15H16N4O2S2. The van der Waals surface area contributed by atoms with Crippen LogP contribution < -0.4 is 9.47 Å². The monoisotopic (exact) mass is 348 g/mol. The van der Waals surface area contributed by atoms with E-state index in [0.29, 0.717) is 17.6 Å². The molecule has 0 aliphatic rings. The summed E-state index contributed by atoms with van der Waals surface area (Å²) in [6, 6.07) is 7.88. The second-order valence-electron chi connectivity index (χ2n) is 4.46. The molecule has 3 aromatic rings. The highest BCUT2D eigenvalue weighted by Gasteiger charge is 2.10. The third kappa shape index (κ3) is 3.83.